The highest BCUT2D eigenvalue weighted by atomic mass is 16.5. The van der Waals surface area contributed by atoms with Gasteiger partial charge in [0.25, 0.3) is 5.91 Å². The van der Waals surface area contributed by atoms with Gasteiger partial charge < -0.3 is 14.7 Å². The van der Waals surface area contributed by atoms with Crippen molar-refractivity contribution in [3.8, 4) is 0 Å². The molecule has 94 valence electrons. The van der Waals surface area contributed by atoms with Crippen molar-refractivity contribution in [3.63, 3.8) is 0 Å². The summed E-state index contributed by atoms with van der Waals surface area (Å²) in [6.45, 7) is 8.26. The molecule has 1 amide bonds. The summed E-state index contributed by atoms with van der Waals surface area (Å²) < 4.78 is 5.75. The molecule has 4 heteroatoms. The molecule has 1 aliphatic rings. The second-order valence-corrected chi connectivity index (χ2v) is 4.89. The quantitative estimate of drug-likeness (QED) is 0.790. The largest absolute Gasteiger partial charge is 0.384 e. The Morgan fingerprint density at radius 3 is 2.50 bits per heavy atom. The van der Waals surface area contributed by atoms with Crippen LogP contribution in [0, 0.1) is 0 Å². The summed E-state index contributed by atoms with van der Waals surface area (Å²) in [6.07, 6.45) is 1.30. The minimum atomic E-state index is -0.898. The smallest absolute Gasteiger partial charge is 0.251 e. The fraction of sp³-hybridized carbons (Fsp3) is 0.917. The van der Waals surface area contributed by atoms with Crippen molar-refractivity contribution < 1.29 is 14.6 Å². The molecule has 3 atom stereocenters. The first kappa shape index (κ1) is 13.5. The van der Waals surface area contributed by atoms with Crippen LogP contribution < -0.4 is 0 Å². The molecule has 0 unspecified atom stereocenters. The molecule has 1 aliphatic heterocycles. The highest BCUT2D eigenvalue weighted by Gasteiger charge is 2.31. The van der Waals surface area contributed by atoms with Crippen molar-refractivity contribution >= 4 is 5.91 Å². The number of likely N-dealkylation sites (tertiary alicyclic amines) is 1. The van der Waals surface area contributed by atoms with Gasteiger partial charge in [-0.05, 0) is 40.5 Å². The average molecular weight is 229 g/mol. The number of rotatable bonds is 3. The van der Waals surface area contributed by atoms with Gasteiger partial charge in [-0.2, -0.15) is 0 Å². The molecule has 1 N–H and O–H groups in total. The Hall–Kier alpha value is -0.610. The summed E-state index contributed by atoms with van der Waals surface area (Å²) in [4.78, 5) is 13.4. The Bertz CT molecular complexity index is 240. The minimum Gasteiger partial charge on any atom is -0.384 e. The van der Waals surface area contributed by atoms with Crippen LogP contribution in [-0.2, 0) is 9.53 Å². The number of aliphatic hydroxyl groups is 1. The lowest BCUT2D eigenvalue weighted by Gasteiger charge is -2.38. The van der Waals surface area contributed by atoms with Crippen molar-refractivity contribution in [3.05, 3.63) is 0 Å². The lowest BCUT2D eigenvalue weighted by molar-refractivity contribution is -0.145. The van der Waals surface area contributed by atoms with E-state index in [1.807, 2.05) is 20.8 Å². The third kappa shape index (κ3) is 3.46. The molecular weight excluding hydrogens is 206 g/mol. The lowest BCUT2D eigenvalue weighted by Crippen LogP contribution is -2.50. The lowest BCUT2D eigenvalue weighted by atomic mass is 10.00. The third-order valence-corrected chi connectivity index (χ3v) is 2.93. The van der Waals surface area contributed by atoms with E-state index in [0.717, 1.165) is 12.8 Å². The molecule has 0 aromatic carbocycles. The number of ether oxygens (including phenoxy) is 1. The number of aliphatic hydroxyl groups excluding tert-OH is 1. The summed E-state index contributed by atoms with van der Waals surface area (Å²) in [5, 5.41) is 9.28. The topological polar surface area (TPSA) is 49.8 Å². The predicted octanol–water partition coefficient (Wildman–Crippen LogP) is 1.17. The van der Waals surface area contributed by atoms with Crippen molar-refractivity contribution in [1.82, 2.24) is 4.90 Å². The number of nitrogens with zero attached hydrogens (tertiary/aromatic N) is 1. The summed E-state index contributed by atoms with van der Waals surface area (Å²) >= 11 is 0. The Labute approximate surface area is 97.6 Å². The van der Waals surface area contributed by atoms with E-state index in [4.69, 9.17) is 4.74 Å². The predicted molar refractivity (Wildman–Crippen MR) is 62.1 cm³/mol. The summed E-state index contributed by atoms with van der Waals surface area (Å²) in [6, 6.07) is 0.152. The molecule has 0 aliphatic carbocycles. The second kappa shape index (κ2) is 5.64. The fourth-order valence-corrected chi connectivity index (χ4v) is 2.20. The maximum atomic E-state index is 11.7. The third-order valence-electron chi connectivity index (χ3n) is 2.93. The van der Waals surface area contributed by atoms with Crippen LogP contribution in [0.1, 0.15) is 40.5 Å². The van der Waals surface area contributed by atoms with Gasteiger partial charge in [-0.25, -0.2) is 0 Å². The molecule has 1 heterocycles. The molecule has 0 spiro atoms. The Morgan fingerprint density at radius 1 is 1.44 bits per heavy atom. The standard InChI is InChI=1S/C12H23NO3/c1-8(2)16-11-5-6-13(9(3)7-11)12(15)10(4)14/h8-11,14H,5-7H2,1-4H3/t9-,10-,11-/m0/s1. The van der Waals surface area contributed by atoms with Crippen molar-refractivity contribution in [2.24, 2.45) is 0 Å². The van der Waals surface area contributed by atoms with Gasteiger partial charge in [-0.1, -0.05) is 0 Å². The van der Waals surface area contributed by atoms with Gasteiger partial charge in [-0.3, -0.25) is 4.79 Å². The summed E-state index contributed by atoms with van der Waals surface area (Å²) in [5.74, 6) is -0.171. The van der Waals surface area contributed by atoms with E-state index in [-0.39, 0.29) is 24.2 Å². The van der Waals surface area contributed by atoms with Crippen LogP contribution in [-0.4, -0.2) is 46.8 Å². The van der Waals surface area contributed by atoms with Crippen LogP contribution in [0.4, 0.5) is 0 Å². The Morgan fingerprint density at radius 2 is 2.06 bits per heavy atom. The van der Waals surface area contributed by atoms with E-state index in [9.17, 15) is 9.90 Å². The van der Waals surface area contributed by atoms with Crippen molar-refractivity contribution in [2.45, 2.75) is 64.9 Å². The first-order valence-electron chi connectivity index (χ1n) is 6.05. The van der Waals surface area contributed by atoms with Gasteiger partial charge in [0, 0.05) is 12.6 Å². The van der Waals surface area contributed by atoms with E-state index >= 15 is 0 Å². The number of carbonyl (C=O) groups is 1. The van der Waals surface area contributed by atoms with E-state index in [1.165, 1.54) is 6.92 Å². The van der Waals surface area contributed by atoms with Gasteiger partial charge in [0.1, 0.15) is 6.10 Å². The molecule has 0 radical (unpaired) electrons. The number of amides is 1. The number of carbonyl (C=O) groups excluding carboxylic acids is 1. The zero-order chi connectivity index (χ0) is 12.3. The Kier molecular flexibility index (Phi) is 4.74. The first-order chi connectivity index (χ1) is 7.41. The molecular formula is C12H23NO3. The van der Waals surface area contributed by atoms with Crippen LogP contribution in [0.5, 0.6) is 0 Å². The second-order valence-electron chi connectivity index (χ2n) is 4.89. The summed E-state index contributed by atoms with van der Waals surface area (Å²) in [7, 11) is 0. The molecule has 1 fully saturated rings. The zero-order valence-electron chi connectivity index (χ0n) is 10.6. The van der Waals surface area contributed by atoms with E-state index < -0.39 is 6.10 Å². The number of hydrogen-bond acceptors (Lipinski definition) is 3. The van der Waals surface area contributed by atoms with Crippen molar-refractivity contribution in [1.29, 1.82) is 0 Å². The van der Waals surface area contributed by atoms with E-state index in [0.29, 0.717) is 6.54 Å². The minimum absolute atomic E-state index is 0.152. The molecule has 0 aromatic heterocycles. The van der Waals surface area contributed by atoms with Gasteiger partial charge in [0.2, 0.25) is 0 Å². The van der Waals surface area contributed by atoms with Gasteiger partial charge in [-0.15, -0.1) is 0 Å². The maximum absolute atomic E-state index is 11.7. The molecule has 1 saturated heterocycles. The van der Waals surface area contributed by atoms with Crippen molar-refractivity contribution in [2.75, 3.05) is 6.54 Å². The van der Waals surface area contributed by atoms with Crippen LogP contribution in [0.3, 0.4) is 0 Å². The molecule has 0 aromatic rings. The van der Waals surface area contributed by atoms with Crippen LogP contribution in [0.2, 0.25) is 0 Å². The molecule has 1 rings (SSSR count). The van der Waals surface area contributed by atoms with E-state index in [1.54, 1.807) is 4.90 Å². The SMILES string of the molecule is CC(C)O[C@H]1CCN(C(=O)[C@H](C)O)[C@@H](C)C1. The number of hydrogen-bond donors (Lipinski definition) is 1. The number of piperidine rings is 1. The average Bonchev–Trinajstić information content (AvgIpc) is 2.15. The molecule has 4 nitrogen and oxygen atoms in total. The monoisotopic (exact) mass is 229 g/mol. The highest BCUT2D eigenvalue weighted by Crippen LogP contribution is 2.21. The zero-order valence-corrected chi connectivity index (χ0v) is 10.6. The van der Waals surface area contributed by atoms with E-state index in [2.05, 4.69) is 0 Å². The first-order valence-corrected chi connectivity index (χ1v) is 6.05. The molecule has 16 heavy (non-hydrogen) atoms. The molecule has 0 saturated carbocycles. The van der Waals surface area contributed by atoms with Gasteiger partial charge in [0.05, 0.1) is 12.2 Å². The van der Waals surface area contributed by atoms with Gasteiger partial charge in [0.15, 0.2) is 0 Å². The highest BCUT2D eigenvalue weighted by molar-refractivity contribution is 5.80. The molecule has 0 bridgehead atoms. The maximum Gasteiger partial charge on any atom is 0.251 e. The van der Waals surface area contributed by atoms with Crippen LogP contribution in [0.15, 0.2) is 0 Å². The normalized spacial score (nSPS) is 28.2. The Balaban J connectivity index is 2.49. The van der Waals surface area contributed by atoms with Crippen LogP contribution in [0.25, 0.3) is 0 Å². The fourth-order valence-electron chi connectivity index (χ4n) is 2.20. The van der Waals surface area contributed by atoms with Gasteiger partial charge >= 0.3 is 0 Å². The summed E-state index contributed by atoms with van der Waals surface area (Å²) in [5.41, 5.74) is 0. The van der Waals surface area contributed by atoms with Crippen LogP contribution >= 0.6 is 0 Å².